The van der Waals surface area contributed by atoms with Crippen LogP contribution < -0.4 is 10.0 Å². The molecule has 0 aliphatic heterocycles. The van der Waals surface area contributed by atoms with Crippen molar-refractivity contribution in [2.75, 3.05) is 13.1 Å². The third-order valence-corrected chi connectivity index (χ3v) is 4.61. The van der Waals surface area contributed by atoms with E-state index in [2.05, 4.69) is 10.0 Å². The zero-order valence-electron chi connectivity index (χ0n) is 12.1. The second-order valence-corrected chi connectivity index (χ2v) is 6.51. The van der Waals surface area contributed by atoms with Crippen molar-refractivity contribution in [1.82, 2.24) is 10.0 Å². The molecule has 0 saturated carbocycles. The summed E-state index contributed by atoms with van der Waals surface area (Å²) in [4.78, 5) is 0.240. The van der Waals surface area contributed by atoms with E-state index in [1.807, 2.05) is 20.8 Å². The molecule has 0 saturated heterocycles. The summed E-state index contributed by atoms with van der Waals surface area (Å²) >= 11 is 0. The van der Waals surface area contributed by atoms with E-state index < -0.39 is 10.0 Å². The van der Waals surface area contributed by atoms with Crippen molar-refractivity contribution in [2.24, 2.45) is 5.92 Å². The summed E-state index contributed by atoms with van der Waals surface area (Å²) in [5.74, 6) is 1.40. The van der Waals surface area contributed by atoms with Crippen molar-refractivity contribution in [3.05, 3.63) is 17.6 Å². The van der Waals surface area contributed by atoms with Gasteiger partial charge in [0, 0.05) is 12.6 Å². The second-order valence-electron chi connectivity index (χ2n) is 4.78. The van der Waals surface area contributed by atoms with E-state index in [4.69, 9.17) is 4.42 Å². The highest BCUT2D eigenvalue weighted by molar-refractivity contribution is 7.89. The molecule has 0 aromatic carbocycles. The van der Waals surface area contributed by atoms with Crippen LogP contribution in [0.1, 0.15) is 38.7 Å². The van der Waals surface area contributed by atoms with Gasteiger partial charge in [0.15, 0.2) is 0 Å². The molecule has 0 fully saturated rings. The lowest BCUT2D eigenvalue weighted by Crippen LogP contribution is -2.28. The minimum absolute atomic E-state index is 0.240. The fraction of sp³-hybridized carbons (Fsp3) is 0.692. The summed E-state index contributed by atoms with van der Waals surface area (Å²) in [5, 5.41) is 3.11. The van der Waals surface area contributed by atoms with Gasteiger partial charge in [-0.2, -0.15) is 0 Å². The van der Waals surface area contributed by atoms with Gasteiger partial charge in [-0.15, -0.1) is 0 Å². The summed E-state index contributed by atoms with van der Waals surface area (Å²) in [5.41, 5.74) is 0. The number of nitrogens with one attached hydrogen (secondary N) is 2. The highest BCUT2D eigenvalue weighted by Crippen LogP contribution is 2.20. The summed E-state index contributed by atoms with van der Waals surface area (Å²) < 4.78 is 32.4. The molecule has 1 aromatic rings. The molecule has 0 aliphatic rings. The van der Waals surface area contributed by atoms with Crippen LogP contribution in [0.4, 0.5) is 0 Å². The standard InChI is InChI=1S/C13H24N2O3S/c1-5-10(3)8-15-19(16,17)13-7-12(9-14-6-2)18-11(13)4/h7,10,14-15H,5-6,8-9H2,1-4H3. The van der Waals surface area contributed by atoms with Crippen LogP contribution >= 0.6 is 0 Å². The summed E-state index contributed by atoms with van der Waals surface area (Å²) in [7, 11) is -3.47. The predicted molar refractivity (Wildman–Crippen MR) is 75.5 cm³/mol. The van der Waals surface area contributed by atoms with Crippen LogP contribution in [0.5, 0.6) is 0 Å². The molecule has 1 atom stereocenters. The average Bonchev–Trinajstić information content (AvgIpc) is 2.75. The van der Waals surface area contributed by atoms with E-state index in [-0.39, 0.29) is 4.90 Å². The Labute approximate surface area is 115 Å². The molecule has 0 radical (unpaired) electrons. The Bertz CT molecular complexity index is 494. The van der Waals surface area contributed by atoms with Crippen LogP contribution in [0.3, 0.4) is 0 Å². The van der Waals surface area contributed by atoms with Crippen molar-refractivity contribution in [1.29, 1.82) is 0 Å². The fourth-order valence-corrected chi connectivity index (χ4v) is 2.97. The first-order valence-corrected chi connectivity index (χ1v) is 8.18. The number of rotatable bonds is 8. The molecule has 1 heterocycles. The normalized spacial score (nSPS) is 13.7. The fourth-order valence-electron chi connectivity index (χ4n) is 1.60. The molecule has 0 aliphatic carbocycles. The van der Waals surface area contributed by atoms with Gasteiger partial charge in [0.05, 0.1) is 6.54 Å². The molecule has 0 amide bonds. The smallest absolute Gasteiger partial charge is 0.244 e. The minimum Gasteiger partial charge on any atom is -0.464 e. The van der Waals surface area contributed by atoms with Crippen LogP contribution in [-0.2, 0) is 16.6 Å². The predicted octanol–water partition coefficient (Wildman–Crippen LogP) is 2.02. The maximum absolute atomic E-state index is 12.2. The topological polar surface area (TPSA) is 71.3 Å². The monoisotopic (exact) mass is 288 g/mol. The highest BCUT2D eigenvalue weighted by atomic mass is 32.2. The van der Waals surface area contributed by atoms with Gasteiger partial charge in [-0.3, -0.25) is 0 Å². The van der Waals surface area contributed by atoms with E-state index in [0.717, 1.165) is 13.0 Å². The van der Waals surface area contributed by atoms with Gasteiger partial charge >= 0.3 is 0 Å². The molecule has 1 aromatic heterocycles. The Morgan fingerprint density at radius 1 is 1.37 bits per heavy atom. The van der Waals surface area contributed by atoms with E-state index in [1.54, 1.807) is 13.0 Å². The van der Waals surface area contributed by atoms with Crippen molar-refractivity contribution < 1.29 is 12.8 Å². The molecule has 0 spiro atoms. The molecule has 19 heavy (non-hydrogen) atoms. The first-order chi connectivity index (χ1) is 8.90. The third-order valence-electron chi connectivity index (χ3n) is 3.08. The van der Waals surface area contributed by atoms with Crippen molar-refractivity contribution in [3.63, 3.8) is 0 Å². The quantitative estimate of drug-likeness (QED) is 0.767. The summed E-state index contributed by atoms with van der Waals surface area (Å²) in [6, 6.07) is 1.59. The lowest BCUT2D eigenvalue weighted by molar-refractivity contribution is 0.459. The molecule has 1 rings (SSSR count). The number of hydrogen-bond acceptors (Lipinski definition) is 4. The zero-order valence-corrected chi connectivity index (χ0v) is 12.9. The Morgan fingerprint density at radius 3 is 2.63 bits per heavy atom. The van der Waals surface area contributed by atoms with Crippen molar-refractivity contribution in [2.45, 2.75) is 45.6 Å². The van der Waals surface area contributed by atoms with Gasteiger partial charge in [0.25, 0.3) is 0 Å². The average molecular weight is 288 g/mol. The minimum atomic E-state index is -3.47. The van der Waals surface area contributed by atoms with Crippen molar-refractivity contribution >= 4 is 10.0 Å². The van der Waals surface area contributed by atoms with E-state index in [0.29, 0.717) is 30.5 Å². The first kappa shape index (κ1) is 16.2. The van der Waals surface area contributed by atoms with Crippen LogP contribution in [0.15, 0.2) is 15.4 Å². The Hall–Kier alpha value is -0.850. The van der Waals surface area contributed by atoms with Gasteiger partial charge in [0.1, 0.15) is 16.4 Å². The molecule has 6 heteroatoms. The first-order valence-electron chi connectivity index (χ1n) is 6.70. The van der Waals surface area contributed by atoms with E-state index in [1.165, 1.54) is 0 Å². The Kier molecular flexibility index (Phi) is 6.03. The maximum atomic E-state index is 12.2. The molecule has 2 N–H and O–H groups in total. The second kappa shape index (κ2) is 7.07. The SMILES string of the molecule is CCNCc1cc(S(=O)(=O)NCC(C)CC)c(C)o1. The Balaban J connectivity index is 2.80. The molecule has 0 bridgehead atoms. The number of aryl methyl sites for hydroxylation is 1. The lowest BCUT2D eigenvalue weighted by Gasteiger charge is -2.09. The third kappa shape index (κ3) is 4.63. The molecule has 5 nitrogen and oxygen atoms in total. The van der Waals surface area contributed by atoms with Crippen LogP contribution in [0, 0.1) is 12.8 Å². The van der Waals surface area contributed by atoms with Gasteiger partial charge in [0.2, 0.25) is 10.0 Å². The van der Waals surface area contributed by atoms with Crippen molar-refractivity contribution in [3.8, 4) is 0 Å². The largest absolute Gasteiger partial charge is 0.464 e. The van der Waals surface area contributed by atoms with Crippen LogP contribution in [-0.4, -0.2) is 21.5 Å². The van der Waals surface area contributed by atoms with E-state index in [9.17, 15) is 8.42 Å². The maximum Gasteiger partial charge on any atom is 0.244 e. The van der Waals surface area contributed by atoms with Crippen LogP contribution in [0.25, 0.3) is 0 Å². The lowest BCUT2D eigenvalue weighted by atomic mass is 10.1. The molecular weight excluding hydrogens is 264 g/mol. The number of hydrogen-bond donors (Lipinski definition) is 2. The van der Waals surface area contributed by atoms with Crippen LogP contribution in [0.2, 0.25) is 0 Å². The van der Waals surface area contributed by atoms with Gasteiger partial charge < -0.3 is 9.73 Å². The Morgan fingerprint density at radius 2 is 2.05 bits per heavy atom. The summed E-state index contributed by atoms with van der Waals surface area (Å²) in [6.07, 6.45) is 0.943. The van der Waals surface area contributed by atoms with Gasteiger partial charge in [-0.25, -0.2) is 13.1 Å². The number of furan rings is 1. The van der Waals surface area contributed by atoms with E-state index >= 15 is 0 Å². The number of sulfonamides is 1. The van der Waals surface area contributed by atoms with Gasteiger partial charge in [-0.1, -0.05) is 27.2 Å². The van der Waals surface area contributed by atoms with Gasteiger partial charge in [-0.05, 0) is 19.4 Å². The highest BCUT2D eigenvalue weighted by Gasteiger charge is 2.21. The molecule has 110 valence electrons. The molecule has 1 unspecified atom stereocenters. The zero-order chi connectivity index (χ0) is 14.5. The molecular formula is C13H24N2O3S. The summed E-state index contributed by atoms with van der Waals surface area (Å²) in [6.45, 7) is 9.52.